The Kier molecular flexibility index (Phi) is 16.6. The van der Waals surface area contributed by atoms with Gasteiger partial charge >= 0.3 is 0 Å². The molecule has 6 heterocycles. The largest absolute Gasteiger partial charge is 0.455 e. The van der Waals surface area contributed by atoms with Gasteiger partial charge in [-0.2, -0.15) is 0 Å². The van der Waals surface area contributed by atoms with E-state index in [0.29, 0.717) is 0 Å². The molecule has 0 spiro atoms. The maximum Gasteiger partial charge on any atom is 0.145 e. The summed E-state index contributed by atoms with van der Waals surface area (Å²) in [6.07, 6.45) is 0. The van der Waals surface area contributed by atoms with Crippen molar-refractivity contribution in [1.82, 2.24) is 13.7 Å². The molecule has 0 saturated heterocycles. The van der Waals surface area contributed by atoms with E-state index in [1.807, 2.05) is 28.7 Å². The van der Waals surface area contributed by atoms with E-state index in [2.05, 4.69) is 463 Å². The number of para-hydroxylation sites is 4. The van der Waals surface area contributed by atoms with Gasteiger partial charge in [-0.25, -0.2) is 0 Å². The molecule has 0 atom stereocenters. The maximum atomic E-state index is 6.51. The fourth-order valence-electron chi connectivity index (χ4n) is 22.3. The van der Waals surface area contributed by atoms with Crippen molar-refractivity contribution in [3.63, 3.8) is 0 Å². The van der Waals surface area contributed by atoms with Crippen LogP contribution in [0.5, 0.6) is 0 Å². The normalized spacial score (nSPS) is 12.1. The molecule has 0 N–H and O–H groups in total. The standard InChI is InChI=1S/C42H25NO.2C42H25NS/c2*1-2-14-31-29(12-1)30-13-3-4-15-32(30)37-25-27(20-21-33(31)37)26-10-9-11-28(24-26)43-38-18-7-5-17-36(38)41-39(43)23-22-35-34-16-6-8-19-40(34)44-42(35)41;1-2-11-31-29(9-1)30-10-3-4-12-32(30)37-25-27(19-22-33(31)37)26-17-20-28(21-18-26)43-38-15-7-5-14-36(38)41-39(43)24-23-35-34-13-6-8-16-40(34)44-42(35)41/h3*1-25H. The topological polar surface area (TPSA) is 27.9 Å². The van der Waals surface area contributed by atoms with Crippen molar-refractivity contribution in [2.24, 2.45) is 0 Å². The smallest absolute Gasteiger partial charge is 0.145 e. The Morgan fingerprint density at radius 3 is 0.818 bits per heavy atom. The van der Waals surface area contributed by atoms with Gasteiger partial charge in [0.15, 0.2) is 0 Å². The summed E-state index contributed by atoms with van der Waals surface area (Å²) in [5, 5.41) is 38.7. The molecule has 0 saturated carbocycles. The van der Waals surface area contributed by atoms with Gasteiger partial charge in [0.25, 0.3) is 0 Å². The number of benzene rings is 24. The van der Waals surface area contributed by atoms with E-state index in [1.54, 1.807) is 0 Å². The molecule has 0 amide bonds. The summed E-state index contributed by atoms with van der Waals surface area (Å²) in [6.45, 7) is 0. The molecule has 612 valence electrons. The van der Waals surface area contributed by atoms with Crippen molar-refractivity contribution in [2.45, 2.75) is 0 Å². The van der Waals surface area contributed by atoms with Gasteiger partial charge in [-0.1, -0.05) is 340 Å². The first-order chi connectivity index (χ1) is 65.5. The summed E-state index contributed by atoms with van der Waals surface area (Å²) >= 11 is 3.81. The molecule has 0 radical (unpaired) electrons. The molecule has 24 aromatic carbocycles. The van der Waals surface area contributed by atoms with Crippen LogP contribution in [-0.4, -0.2) is 13.7 Å². The minimum Gasteiger partial charge on any atom is -0.455 e. The highest BCUT2D eigenvalue weighted by atomic mass is 32.1. The van der Waals surface area contributed by atoms with Crippen LogP contribution in [0.4, 0.5) is 0 Å². The molecule has 30 rings (SSSR count). The number of hydrogen-bond acceptors (Lipinski definition) is 3. The zero-order valence-corrected chi connectivity index (χ0v) is 73.0. The van der Waals surface area contributed by atoms with Crippen LogP contribution in [-0.2, 0) is 0 Å². The molecule has 0 fully saturated rings. The van der Waals surface area contributed by atoms with Gasteiger partial charge in [0, 0.05) is 95.1 Å². The highest BCUT2D eigenvalue weighted by molar-refractivity contribution is 7.27. The number of aromatic nitrogens is 3. The first kappa shape index (κ1) is 74.4. The zero-order valence-electron chi connectivity index (χ0n) is 71.4. The van der Waals surface area contributed by atoms with Crippen LogP contribution in [0, 0.1) is 0 Å². The summed E-state index contributed by atoms with van der Waals surface area (Å²) in [6, 6.07) is 167. The number of furan rings is 1. The monoisotopic (exact) mass is 1710 g/mol. The van der Waals surface area contributed by atoms with Gasteiger partial charge in [0.05, 0.1) is 38.5 Å². The lowest BCUT2D eigenvalue weighted by molar-refractivity contribution is 0.673. The summed E-state index contributed by atoms with van der Waals surface area (Å²) in [7, 11) is 0. The van der Waals surface area contributed by atoms with Gasteiger partial charge in [-0.3, -0.25) is 0 Å². The van der Waals surface area contributed by atoms with Crippen LogP contribution in [0.15, 0.2) is 459 Å². The lowest BCUT2D eigenvalue weighted by atomic mass is 9.92. The molecule has 0 aliphatic heterocycles. The van der Waals surface area contributed by atoms with E-state index >= 15 is 0 Å². The molecule has 4 nitrogen and oxygen atoms in total. The van der Waals surface area contributed by atoms with E-state index in [-0.39, 0.29) is 0 Å². The van der Waals surface area contributed by atoms with Crippen molar-refractivity contribution in [3.8, 4) is 50.4 Å². The van der Waals surface area contributed by atoms with Crippen molar-refractivity contribution >= 4 is 247 Å². The van der Waals surface area contributed by atoms with E-state index in [1.165, 1.54) is 237 Å². The summed E-state index contributed by atoms with van der Waals surface area (Å²) in [5.74, 6) is 0. The molecule has 0 bridgehead atoms. The quantitative estimate of drug-likeness (QED) is 0.153. The molecule has 6 aromatic heterocycles. The third-order valence-electron chi connectivity index (χ3n) is 28.1. The number of hydrogen-bond donors (Lipinski definition) is 0. The number of thiophene rings is 2. The fourth-order valence-corrected chi connectivity index (χ4v) is 24.8. The van der Waals surface area contributed by atoms with Crippen molar-refractivity contribution in [2.75, 3.05) is 0 Å². The second-order valence-corrected chi connectivity index (χ2v) is 37.2. The first-order valence-corrected chi connectivity index (χ1v) is 47.0. The Labute approximate surface area is 765 Å². The molecule has 0 aliphatic carbocycles. The molecule has 30 aromatic rings. The SMILES string of the molecule is c1cc(-c2ccc3c4ccccc4c4ccccc4c3c2)cc(-n2c3ccccc3c3c4oc5ccccc5c4ccc32)c1.c1cc(-c2ccc3c4ccccc4c4ccccc4c3c2)cc(-n2c3ccccc3c3c4sc5ccccc5c4ccc32)c1.c1ccc2c(c1)sc1c2ccc2c1c1ccccc1n2-c1ccc(-c2ccc3c4ccccc4c4ccccc4c3c2)cc1. The number of nitrogens with zero attached hydrogens (tertiary/aromatic N) is 3. The van der Waals surface area contributed by atoms with Crippen molar-refractivity contribution < 1.29 is 4.42 Å². The van der Waals surface area contributed by atoms with Crippen LogP contribution in [0.2, 0.25) is 0 Å². The highest BCUT2D eigenvalue weighted by Gasteiger charge is 2.24. The van der Waals surface area contributed by atoms with Crippen LogP contribution in [0.25, 0.3) is 275 Å². The van der Waals surface area contributed by atoms with E-state index in [9.17, 15) is 0 Å². The summed E-state index contributed by atoms with van der Waals surface area (Å²) in [5.41, 5.74) is 20.0. The lowest BCUT2D eigenvalue weighted by Crippen LogP contribution is -1.94. The minimum absolute atomic E-state index is 0.922. The van der Waals surface area contributed by atoms with Gasteiger partial charge in [-0.15, -0.1) is 22.7 Å². The highest BCUT2D eigenvalue weighted by Crippen LogP contribution is 2.50. The van der Waals surface area contributed by atoms with Gasteiger partial charge < -0.3 is 18.1 Å². The van der Waals surface area contributed by atoms with E-state index < -0.39 is 0 Å². The Hall–Kier alpha value is -16.7. The minimum atomic E-state index is 0.922. The molecule has 6 heteroatoms. The van der Waals surface area contributed by atoms with Crippen LogP contribution < -0.4 is 0 Å². The number of fused-ring (bicyclic) bond motifs is 39. The third kappa shape index (κ3) is 11.3. The average Bonchev–Trinajstić information content (AvgIpc) is 1.57. The fraction of sp³-hybridized carbons (Fsp3) is 0. The molecule has 0 aliphatic rings. The van der Waals surface area contributed by atoms with Crippen LogP contribution in [0.1, 0.15) is 0 Å². The Bertz CT molecular complexity index is 9660. The third-order valence-corrected chi connectivity index (χ3v) is 30.5. The molecular weight excluding hydrogens is 1640 g/mol. The Morgan fingerprint density at radius 1 is 0.152 bits per heavy atom. The number of rotatable bonds is 6. The van der Waals surface area contributed by atoms with Gasteiger partial charge in [0.2, 0.25) is 0 Å². The Morgan fingerprint density at radius 2 is 0.424 bits per heavy atom. The predicted molar refractivity (Wildman–Crippen MR) is 569 cm³/mol. The molecular formula is C126H75N3OS2. The van der Waals surface area contributed by atoms with Crippen LogP contribution >= 0.6 is 22.7 Å². The second kappa shape index (κ2) is 29.4. The van der Waals surface area contributed by atoms with Crippen molar-refractivity contribution in [3.05, 3.63) is 455 Å². The van der Waals surface area contributed by atoms with Gasteiger partial charge in [-0.05, 0) is 246 Å². The van der Waals surface area contributed by atoms with E-state index in [4.69, 9.17) is 4.42 Å². The predicted octanol–water partition coefficient (Wildman–Crippen LogP) is 36.4. The molecule has 0 unspecified atom stereocenters. The summed E-state index contributed by atoms with van der Waals surface area (Å²) < 4.78 is 19.2. The van der Waals surface area contributed by atoms with E-state index in [0.717, 1.165) is 38.5 Å². The van der Waals surface area contributed by atoms with Gasteiger partial charge in [0.1, 0.15) is 11.2 Å². The average molecular weight is 1710 g/mol. The molecule has 132 heavy (non-hydrogen) atoms. The lowest BCUT2D eigenvalue weighted by Gasteiger charge is -2.13. The second-order valence-electron chi connectivity index (χ2n) is 35.1. The zero-order chi connectivity index (χ0) is 86.3. The van der Waals surface area contributed by atoms with Crippen LogP contribution in [0.3, 0.4) is 0 Å². The Balaban J connectivity index is 0.0000000991. The summed E-state index contributed by atoms with van der Waals surface area (Å²) in [4.78, 5) is 0. The van der Waals surface area contributed by atoms with Crippen molar-refractivity contribution in [1.29, 1.82) is 0 Å². The first-order valence-electron chi connectivity index (χ1n) is 45.3. The maximum absolute atomic E-state index is 6.51.